The molecule has 0 unspecified atom stereocenters. The number of hydrogen-bond donors (Lipinski definition) is 0. The number of rotatable bonds is 4. The highest BCUT2D eigenvalue weighted by atomic mass is 79.9. The van der Waals surface area contributed by atoms with Crippen molar-refractivity contribution < 1.29 is 13.2 Å². The van der Waals surface area contributed by atoms with Gasteiger partial charge in [0.15, 0.2) is 19.8 Å². The summed E-state index contributed by atoms with van der Waals surface area (Å²) in [5, 5.41) is 0. The Balaban J connectivity index is 3.10. The Hall–Kier alpha value is -0.680. The fraction of sp³-hybridized carbons (Fsp3) is 0.364. The largest absolute Gasteiger partial charge is 0.292 e. The fourth-order valence-corrected chi connectivity index (χ4v) is 3.07. The normalized spacial score (nSPS) is 13.4. The fourth-order valence-electron chi connectivity index (χ4n) is 1.28. The van der Waals surface area contributed by atoms with Crippen LogP contribution in [0.15, 0.2) is 24.3 Å². The maximum absolute atomic E-state index is 11.9. The molecule has 0 aliphatic heterocycles. The van der Waals surface area contributed by atoms with Crippen molar-refractivity contribution in [2.75, 3.05) is 5.75 Å². The number of aryl methyl sites for hydroxylation is 1. The zero-order chi connectivity index (χ0) is 12.3. The Bertz CT molecular complexity index is 494. The lowest BCUT2D eigenvalue weighted by Crippen LogP contribution is -2.26. The van der Waals surface area contributed by atoms with Gasteiger partial charge >= 0.3 is 0 Å². The minimum absolute atomic E-state index is 0.0550. The van der Waals surface area contributed by atoms with E-state index in [4.69, 9.17) is 0 Å². The first-order valence-electron chi connectivity index (χ1n) is 4.85. The minimum atomic E-state index is -3.40. The molecule has 1 atom stereocenters. The van der Waals surface area contributed by atoms with Crippen molar-refractivity contribution in [3.8, 4) is 0 Å². The summed E-state index contributed by atoms with van der Waals surface area (Å²) in [6, 6.07) is 6.95. The van der Waals surface area contributed by atoms with Crippen LogP contribution in [-0.2, 0) is 9.84 Å². The highest BCUT2D eigenvalue weighted by Gasteiger charge is 2.29. The predicted octanol–water partition coefficient (Wildman–Crippen LogP) is 2.33. The summed E-state index contributed by atoms with van der Waals surface area (Å²) in [6.45, 7) is 3.31. The molecule has 0 bridgehead atoms. The zero-order valence-electron chi connectivity index (χ0n) is 9.10. The lowest BCUT2D eigenvalue weighted by atomic mass is 10.1. The van der Waals surface area contributed by atoms with Gasteiger partial charge in [-0.05, 0) is 12.5 Å². The summed E-state index contributed by atoms with van der Waals surface area (Å²) in [5.41, 5.74) is 1.23. The number of sulfone groups is 1. The van der Waals surface area contributed by atoms with E-state index in [0.29, 0.717) is 5.56 Å². The Labute approximate surface area is 104 Å². The number of hydrogen-bond acceptors (Lipinski definition) is 3. The third-order valence-electron chi connectivity index (χ3n) is 2.33. The topological polar surface area (TPSA) is 51.2 Å². The molecule has 1 rings (SSSR count). The van der Waals surface area contributed by atoms with E-state index < -0.39 is 19.8 Å². The Kier molecular flexibility index (Phi) is 4.27. The monoisotopic (exact) mass is 304 g/mol. The lowest BCUT2D eigenvalue weighted by molar-refractivity contribution is 0.101. The summed E-state index contributed by atoms with van der Waals surface area (Å²) < 4.78 is 22.0. The molecule has 0 aliphatic carbocycles. The van der Waals surface area contributed by atoms with Crippen molar-refractivity contribution in [2.24, 2.45) is 0 Å². The maximum atomic E-state index is 11.9. The van der Waals surface area contributed by atoms with Gasteiger partial charge in [0, 0.05) is 11.3 Å². The van der Waals surface area contributed by atoms with Crippen LogP contribution in [0.3, 0.4) is 0 Å². The van der Waals surface area contributed by atoms with Crippen molar-refractivity contribution in [3.05, 3.63) is 35.4 Å². The van der Waals surface area contributed by atoms with Gasteiger partial charge in [-0.2, -0.15) is 0 Å². The third-order valence-corrected chi connectivity index (χ3v) is 6.11. The average molecular weight is 305 g/mol. The van der Waals surface area contributed by atoms with Crippen LogP contribution in [0, 0.1) is 6.92 Å². The van der Waals surface area contributed by atoms with Crippen molar-refractivity contribution in [1.82, 2.24) is 0 Å². The second-order valence-corrected chi connectivity index (χ2v) is 7.34. The highest BCUT2D eigenvalue weighted by molar-refractivity contribution is 9.11. The molecule has 3 nitrogen and oxygen atoms in total. The molecule has 1 aromatic carbocycles. The minimum Gasteiger partial charge on any atom is -0.292 e. The first-order valence-corrected chi connectivity index (χ1v) is 7.48. The SMILES string of the molecule is CCS(=O)(=O)[C@H](Br)C(=O)c1ccccc1C. The van der Waals surface area contributed by atoms with Gasteiger partial charge in [0.05, 0.1) is 0 Å². The molecule has 0 amide bonds. The van der Waals surface area contributed by atoms with Gasteiger partial charge in [-0.25, -0.2) is 8.42 Å². The van der Waals surface area contributed by atoms with Crippen LogP contribution in [0.1, 0.15) is 22.8 Å². The van der Waals surface area contributed by atoms with E-state index in [-0.39, 0.29) is 5.75 Å². The quantitative estimate of drug-likeness (QED) is 0.634. The van der Waals surface area contributed by atoms with E-state index in [0.717, 1.165) is 5.56 Å². The zero-order valence-corrected chi connectivity index (χ0v) is 11.5. The number of ketones is 1. The van der Waals surface area contributed by atoms with Crippen LogP contribution < -0.4 is 0 Å². The molecule has 0 spiro atoms. The predicted molar refractivity (Wildman–Crippen MR) is 67.7 cm³/mol. The highest BCUT2D eigenvalue weighted by Crippen LogP contribution is 2.19. The molecule has 16 heavy (non-hydrogen) atoms. The number of carbonyl (C=O) groups is 1. The van der Waals surface area contributed by atoms with Gasteiger partial charge in [-0.1, -0.05) is 47.1 Å². The maximum Gasteiger partial charge on any atom is 0.191 e. The van der Waals surface area contributed by atoms with Crippen molar-refractivity contribution in [2.45, 2.75) is 18.0 Å². The summed E-state index contributed by atoms with van der Waals surface area (Å²) >= 11 is 2.96. The third kappa shape index (κ3) is 2.71. The second-order valence-electron chi connectivity index (χ2n) is 3.45. The summed E-state index contributed by atoms with van der Waals surface area (Å²) in [4.78, 5) is 11.9. The van der Waals surface area contributed by atoms with Gasteiger partial charge in [-0.15, -0.1) is 0 Å². The van der Waals surface area contributed by atoms with Crippen LogP contribution >= 0.6 is 15.9 Å². The van der Waals surface area contributed by atoms with Crippen molar-refractivity contribution in [1.29, 1.82) is 0 Å². The number of benzene rings is 1. The van der Waals surface area contributed by atoms with Crippen LogP contribution in [0.4, 0.5) is 0 Å². The first-order chi connectivity index (χ1) is 7.40. The van der Waals surface area contributed by atoms with Gasteiger partial charge in [0.25, 0.3) is 0 Å². The number of halogens is 1. The standard InChI is InChI=1S/C11H13BrO3S/c1-3-16(14,15)11(12)10(13)9-7-5-4-6-8(9)2/h4-7,11H,3H2,1-2H3/t11-/m0/s1. The molecule has 88 valence electrons. The molecule has 0 heterocycles. The van der Waals surface area contributed by atoms with Gasteiger partial charge in [0.2, 0.25) is 0 Å². The van der Waals surface area contributed by atoms with Crippen LogP contribution in [0.25, 0.3) is 0 Å². The van der Waals surface area contributed by atoms with E-state index in [9.17, 15) is 13.2 Å². The molecular weight excluding hydrogens is 292 g/mol. The van der Waals surface area contributed by atoms with Gasteiger partial charge < -0.3 is 0 Å². The first kappa shape index (κ1) is 13.4. The van der Waals surface area contributed by atoms with Crippen molar-refractivity contribution in [3.63, 3.8) is 0 Å². The van der Waals surface area contributed by atoms with Gasteiger partial charge in [-0.3, -0.25) is 4.79 Å². The van der Waals surface area contributed by atoms with Crippen LogP contribution in [0.2, 0.25) is 0 Å². The Morgan fingerprint density at radius 1 is 1.38 bits per heavy atom. The summed E-state index contributed by atoms with van der Waals surface area (Å²) in [7, 11) is -3.40. The van der Waals surface area contributed by atoms with E-state index in [2.05, 4.69) is 15.9 Å². The van der Waals surface area contributed by atoms with Crippen molar-refractivity contribution >= 4 is 31.6 Å². The Morgan fingerprint density at radius 2 is 1.94 bits per heavy atom. The molecule has 0 aromatic heterocycles. The molecule has 0 N–H and O–H groups in total. The molecule has 1 aromatic rings. The smallest absolute Gasteiger partial charge is 0.191 e. The Morgan fingerprint density at radius 3 is 2.44 bits per heavy atom. The van der Waals surface area contributed by atoms with E-state index in [1.54, 1.807) is 25.1 Å². The summed E-state index contributed by atoms with van der Waals surface area (Å²) in [6.07, 6.45) is 0. The molecule has 0 saturated heterocycles. The average Bonchev–Trinajstić information content (AvgIpc) is 2.27. The molecule has 5 heteroatoms. The summed E-state index contributed by atoms with van der Waals surface area (Å²) in [5.74, 6) is -0.458. The van der Waals surface area contributed by atoms with Crippen LogP contribution in [-0.4, -0.2) is 24.1 Å². The molecule has 0 fully saturated rings. The molecule has 0 radical (unpaired) electrons. The van der Waals surface area contributed by atoms with Gasteiger partial charge in [0.1, 0.15) is 0 Å². The van der Waals surface area contributed by atoms with Crippen LogP contribution in [0.5, 0.6) is 0 Å². The van der Waals surface area contributed by atoms with E-state index in [1.807, 2.05) is 6.07 Å². The number of Topliss-reactive ketones (excluding diaryl/α,β-unsaturated/α-hetero) is 1. The second kappa shape index (κ2) is 5.10. The molecule has 0 saturated carbocycles. The van der Waals surface area contributed by atoms with E-state index >= 15 is 0 Å². The van der Waals surface area contributed by atoms with E-state index in [1.165, 1.54) is 6.92 Å². The number of alkyl halides is 1. The number of carbonyl (C=O) groups excluding carboxylic acids is 1. The molecular formula is C11H13BrO3S. The lowest BCUT2D eigenvalue weighted by Gasteiger charge is -2.10. The molecule has 0 aliphatic rings.